The minimum Gasteiger partial charge on any atom is -0.352 e. The number of hydrogen-bond acceptors (Lipinski definition) is 2. The van der Waals surface area contributed by atoms with E-state index in [0.29, 0.717) is 10.6 Å². The summed E-state index contributed by atoms with van der Waals surface area (Å²) < 4.78 is 0.749. The van der Waals surface area contributed by atoms with Crippen molar-refractivity contribution >= 4 is 45.2 Å². The molecule has 106 valence electrons. The predicted octanol–water partition coefficient (Wildman–Crippen LogP) is 4.76. The van der Waals surface area contributed by atoms with E-state index in [1.807, 2.05) is 11.8 Å². The summed E-state index contributed by atoms with van der Waals surface area (Å²) in [5.41, 5.74) is 0.638. The smallest absolute Gasteiger partial charge is 0.251 e. The fourth-order valence-corrected chi connectivity index (χ4v) is 2.66. The van der Waals surface area contributed by atoms with Gasteiger partial charge in [0.25, 0.3) is 5.91 Å². The van der Waals surface area contributed by atoms with Gasteiger partial charge in [0, 0.05) is 16.6 Å². The third-order valence-corrected chi connectivity index (χ3v) is 4.65. The molecule has 1 N–H and O–H groups in total. The maximum atomic E-state index is 11.9. The van der Waals surface area contributed by atoms with Gasteiger partial charge in [-0.3, -0.25) is 4.79 Å². The van der Waals surface area contributed by atoms with Crippen LogP contribution in [0.3, 0.4) is 0 Å². The van der Waals surface area contributed by atoms with Gasteiger partial charge in [-0.25, -0.2) is 0 Å². The fourth-order valence-electron chi connectivity index (χ4n) is 1.67. The number of nitrogens with one attached hydrogen (secondary N) is 1. The lowest BCUT2D eigenvalue weighted by Crippen LogP contribution is -2.24. The van der Waals surface area contributed by atoms with Crippen LogP contribution >= 0.6 is 39.3 Å². The molecule has 0 aliphatic heterocycles. The maximum absolute atomic E-state index is 11.9. The van der Waals surface area contributed by atoms with E-state index in [1.165, 1.54) is 25.0 Å². The topological polar surface area (TPSA) is 29.1 Å². The zero-order valence-electron chi connectivity index (χ0n) is 11.0. The third kappa shape index (κ3) is 6.68. The highest BCUT2D eigenvalue weighted by atomic mass is 79.9. The van der Waals surface area contributed by atoms with Crippen molar-refractivity contribution in [3.05, 3.63) is 33.3 Å². The lowest BCUT2D eigenvalue weighted by Gasteiger charge is -2.06. The van der Waals surface area contributed by atoms with Gasteiger partial charge < -0.3 is 5.32 Å². The molecule has 0 spiro atoms. The summed E-state index contributed by atoms with van der Waals surface area (Å²) in [5.74, 6) is 1.19. The summed E-state index contributed by atoms with van der Waals surface area (Å²) in [6, 6.07) is 5.21. The van der Waals surface area contributed by atoms with Crippen LogP contribution in [-0.4, -0.2) is 24.5 Å². The van der Waals surface area contributed by atoms with Crippen molar-refractivity contribution in [2.45, 2.75) is 25.7 Å². The number of thioether (sulfide) groups is 1. The van der Waals surface area contributed by atoms with E-state index in [-0.39, 0.29) is 5.91 Å². The van der Waals surface area contributed by atoms with Crippen LogP contribution < -0.4 is 5.32 Å². The quantitative estimate of drug-likeness (QED) is 0.674. The molecule has 1 aromatic carbocycles. The highest BCUT2D eigenvalue weighted by Crippen LogP contribution is 2.23. The van der Waals surface area contributed by atoms with Crippen LogP contribution in [0.5, 0.6) is 0 Å². The Morgan fingerprint density at radius 3 is 2.74 bits per heavy atom. The van der Waals surface area contributed by atoms with Gasteiger partial charge in [-0.05, 0) is 59.0 Å². The Hall–Kier alpha value is -0.190. The van der Waals surface area contributed by atoms with E-state index in [2.05, 4.69) is 27.5 Å². The van der Waals surface area contributed by atoms with Crippen molar-refractivity contribution in [1.29, 1.82) is 0 Å². The molecule has 0 saturated carbocycles. The van der Waals surface area contributed by atoms with Gasteiger partial charge in [0.15, 0.2) is 0 Å². The standard InChI is InChI=1S/C14H19BrClNOS/c1-19-9-5-3-2-4-8-17-14(18)11-6-7-13(16)12(15)10-11/h6-7,10H,2-5,8-9H2,1H3,(H,17,18). The molecule has 2 nitrogen and oxygen atoms in total. The van der Waals surface area contributed by atoms with E-state index < -0.39 is 0 Å². The van der Waals surface area contributed by atoms with Gasteiger partial charge in [0.2, 0.25) is 0 Å². The number of halogens is 2. The van der Waals surface area contributed by atoms with E-state index in [0.717, 1.165) is 17.4 Å². The van der Waals surface area contributed by atoms with Crippen molar-refractivity contribution in [2.24, 2.45) is 0 Å². The van der Waals surface area contributed by atoms with Crippen LogP contribution in [0.2, 0.25) is 5.02 Å². The Morgan fingerprint density at radius 2 is 2.05 bits per heavy atom. The lowest BCUT2D eigenvalue weighted by molar-refractivity contribution is 0.0953. The molecular weight excluding hydrogens is 346 g/mol. The van der Waals surface area contributed by atoms with Crippen LogP contribution in [0.4, 0.5) is 0 Å². The lowest BCUT2D eigenvalue weighted by atomic mass is 10.2. The normalized spacial score (nSPS) is 10.5. The monoisotopic (exact) mass is 363 g/mol. The molecule has 0 unspecified atom stereocenters. The summed E-state index contributed by atoms with van der Waals surface area (Å²) in [6.07, 6.45) is 6.84. The molecule has 0 aromatic heterocycles. The first kappa shape index (κ1) is 16.9. The van der Waals surface area contributed by atoms with Gasteiger partial charge in [-0.15, -0.1) is 0 Å². The first-order valence-electron chi connectivity index (χ1n) is 6.37. The largest absolute Gasteiger partial charge is 0.352 e. The first-order chi connectivity index (χ1) is 9.15. The van der Waals surface area contributed by atoms with Crippen molar-refractivity contribution in [2.75, 3.05) is 18.6 Å². The summed E-state index contributed by atoms with van der Waals surface area (Å²) >= 11 is 11.1. The molecule has 19 heavy (non-hydrogen) atoms. The van der Waals surface area contributed by atoms with Crippen LogP contribution in [0.1, 0.15) is 36.0 Å². The van der Waals surface area contributed by atoms with Crippen LogP contribution in [0.15, 0.2) is 22.7 Å². The van der Waals surface area contributed by atoms with Crippen molar-refractivity contribution in [1.82, 2.24) is 5.32 Å². The number of unbranched alkanes of at least 4 members (excludes halogenated alkanes) is 3. The number of carbonyl (C=O) groups is 1. The number of benzene rings is 1. The molecule has 0 saturated heterocycles. The fraction of sp³-hybridized carbons (Fsp3) is 0.500. The molecule has 1 amide bonds. The molecule has 0 bridgehead atoms. The second-order valence-electron chi connectivity index (χ2n) is 4.29. The van der Waals surface area contributed by atoms with E-state index in [1.54, 1.807) is 18.2 Å². The Balaban J connectivity index is 2.22. The zero-order chi connectivity index (χ0) is 14.1. The van der Waals surface area contributed by atoms with Crippen LogP contribution in [0.25, 0.3) is 0 Å². The molecule has 1 aromatic rings. The predicted molar refractivity (Wildman–Crippen MR) is 88.3 cm³/mol. The van der Waals surface area contributed by atoms with Crippen molar-refractivity contribution < 1.29 is 4.79 Å². The van der Waals surface area contributed by atoms with Crippen molar-refractivity contribution in [3.8, 4) is 0 Å². The van der Waals surface area contributed by atoms with Gasteiger partial charge in [-0.2, -0.15) is 11.8 Å². The molecule has 0 aliphatic carbocycles. The summed E-state index contributed by atoms with van der Waals surface area (Å²) in [7, 11) is 0. The van der Waals surface area contributed by atoms with E-state index >= 15 is 0 Å². The average molecular weight is 365 g/mol. The van der Waals surface area contributed by atoms with Gasteiger partial charge in [0.05, 0.1) is 5.02 Å². The molecule has 5 heteroatoms. The third-order valence-electron chi connectivity index (χ3n) is 2.74. The number of amides is 1. The van der Waals surface area contributed by atoms with Crippen LogP contribution in [-0.2, 0) is 0 Å². The highest BCUT2D eigenvalue weighted by molar-refractivity contribution is 9.10. The number of hydrogen-bond donors (Lipinski definition) is 1. The Morgan fingerprint density at radius 1 is 1.32 bits per heavy atom. The summed E-state index contributed by atoms with van der Waals surface area (Å²) in [6.45, 7) is 0.734. The summed E-state index contributed by atoms with van der Waals surface area (Å²) in [4.78, 5) is 11.9. The Kier molecular flexibility index (Phi) is 8.58. The molecular formula is C14H19BrClNOS. The molecule has 1 rings (SSSR count). The summed E-state index contributed by atoms with van der Waals surface area (Å²) in [5, 5.41) is 3.54. The minimum atomic E-state index is -0.0403. The molecule has 0 radical (unpaired) electrons. The Labute approximate surface area is 132 Å². The average Bonchev–Trinajstić information content (AvgIpc) is 2.40. The molecule has 0 atom stereocenters. The second kappa shape index (κ2) is 9.67. The Bertz CT molecular complexity index is 414. The van der Waals surface area contributed by atoms with Crippen molar-refractivity contribution in [3.63, 3.8) is 0 Å². The van der Waals surface area contributed by atoms with E-state index in [4.69, 9.17) is 11.6 Å². The number of rotatable bonds is 8. The van der Waals surface area contributed by atoms with Gasteiger partial charge in [-0.1, -0.05) is 24.4 Å². The highest BCUT2D eigenvalue weighted by Gasteiger charge is 2.06. The van der Waals surface area contributed by atoms with Crippen LogP contribution in [0, 0.1) is 0 Å². The van der Waals surface area contributed by atoms with Gasteiger partial charge >= 0.3 is 0 Å². The zero-order valence-corrected chi connectivity index (χ0v) is 14.2. The van der Waals surface area contributed by atoms with Gasteiger partial charge in [0.1, 0.15) is 0 Å². The molecule has 0 heterocycles. The minimum absolute atomic E-state index is 0.0403. The first-order valence-corrected chi connectivity index (χ1v) is 8.94. The number of carbonyl (C=O) groups excluding carboxylic acids is 1. The SMILES string of the molecule is CSCCCCCCNC(=O)c1ccc(Cl)c(Br)c1. The molecule has 0 aliphatic rings. The maximum Gasteiger partial charge on any atom is 0.251 e. The second-order valence-corrected chi connectivity index (χ2v) is 6.54. The molecule has 0 fully saturated rings. The van der Waals surface area contributed by atoms with E-state index in [9.17, 15) is 4.79 Å².